The van der Waals surface area contributed by atoms with Gasteiger partial charge in [0.25, 0.3) is 0 Å². The molecule has 1 unspecified atom stereocenters. The molecule has 4 rings (SSSR count). The molecule has 164 valence electrons. The fourth-order valence-corrected chi connectivity index (χ4v) is 4.44. The summed E-state index contributed by atoms with van der Waals surface area (Å²) in [6.07, 6.45) is 3.89. The molecule has 1 aliphatic heterocycles. The largest absolute Gasteiger partial charge is 0.487 e. The maximum atomic E-state index is 12.2. The van der Waals surface area contributed by atoms with Gasteiger partial charge in [-0.1, -0.05) is 23.7 Å². The number of fused-ring (bicyclic) bond motifs is 1. The highest BCUT2D eigenvalue weighted by Gasteiger charge is 2.27. The van der Waals surface area contributed by atoms with Gasteiger partial charge >= 0.3 is 5.97 Å². The molecular formula is C24H21ClN2O4S. The van der Waals surface area contributed by atoms with Gasteiger partial charge in [0.2, 0.25) is 5.91 Å². The lowest BCUT2D eigenvalue weighted by atomic mass is 9.99. The van der Waals surface area contributed by atoms with E-state index in [1.54, 1.807) is 24.5 Å². The van der Waals surface area contributed by atoms with Crippen molar-refractivity contribution in [1.82, 2.24) is 10.3 Å². The van der Waals surface area contributed by atoms with Crippen LogP contribution in [0.1, 0.15) is 15.9 Å². The first-order valence-corrected chi connectivity index (χ1v) is 11.4. The molecule has 0 spiro atoms. The average Bonchev–Trinajstić information content (AvgIpc) is 3.24. The number of thioether (sulfide) groups is 1. The van der Waals surface area contributed by atoms with Crippen molar-refractivity contribution < 1.29 is 19.1 Å². The molecule has 1 aliphatic rings. The molecule has 1 amide bonds. The van der Waals surface area contributed by atoms with E-state index in [-0.39, 0.29) is 18.0 Å². The third-order valence-corrected chi connectivity index (χ3v) is 6.26. The van der Waals surface area contributed by atoms with Gasteiger partial charge in [-0.3, -0.25) is 9.78 Å². The van der Waals surface area contributed by atoms with E-state index in [2.05, 4.69) is 10.3 Å². The van der Waals surface area contributed by atoms with Crippen molar-refractivity contribution >= 4 is 35.2 Å². The number of nitrogens with zero attached hydrogens (tertiary/aromatic N) is 1. The normalized spacial score (nSPS) is 14.4. The van der Waals surface area contributed by atoms with Crippen molar-refractivity contribution in [3.05, 3.63) is 77.1 Å². The van der Waals surface area contributed by atoms with Crippen LogP contribution in [0.4, 0.5) is 0 Å². The third-order valence-electron chi connectivity index (χ3n) is 5.03. The second kappa shape index (κ2) is 10.1. The zero-order chi connectivity index (χ0) is 22.5. The fraction of sp³-hybridized carbons (Fsp3) is 0.208. The highest BCUT2D eigenvalue weighted by atomic mass is 35.5. The van der Waals surface area contributed by atoms with Crippen molar-refractivity contribution in [2.45, 2.75) is 17.4 Å². The second-order valence-corrected chi connectivity index (χ2v) is 8.72. The Kier molecular flexibility index (Phi) is 6.97. The molecule has 0 saturated heterocycles. The minimum atomic E-state index is -0.387. The zero-order valence-corrected chi connectivity index (χ0v) is 18.9. The predicted molar refractivity (Wildman–Crippen MR) is 124 cm³/mol. The second-order valence-electron chi connectivity index (χ2n) is 7.23. The van der Waals surface area contributed by atoms with E-state index in [1.165, 1.54) is 18.9 Å². The Balaban J connectivity index is 1.40. The topological polar surface area (TPSA) is 77.5 Å². The van der Waals surface area contributed by atoms with E-state index >= 15 is 0 Å². The Hall–Kier alpha value is -3.03. The number of ether oxygens (including phenoxy) is 2. The lowest BCUT2D eigenvalue weighted by molar-refractivity contribution is -0.118. The number of esters is 1. The van der Waals surface area contributed by atoms with Crippen LogP contribution in [0, 0.1) is 0 Å². The number of rotatable bonds is 7. The van der Waals surface area contributed by atoms with Crippen LogP contribution in [0.25, 0.3) is 11.1 Å². The monoisotopic (exact) mass is 468 g/mol. The van der Waals surface area contributed by atoms with Gasteiger partial charge in [0.1, 0.15) is 11.9 Å². The van der Waals surface area contributed by atoms with Crippen LogP contribution in [0.5, 0.6) is 5.75 Å². The van der Waals surface area contributed by atoms with Crippen LogP contribution in [0.3, 0.4) is 0 Å². The van der Waals surface area contributed by atoms with Gasteiger partial charge in [-0.25, -0.2) is 4.79 Å². The lowest BCUT2D eigenvalue weighted by Gasteiger charge is -2.14. The molecule has 0 bridgehead atoms. The molecular weight excluding hydrogens is 448 g/mol. The maximum Gasteiger partial charge on any atom is 0.337 e. The number of pyridine rings is 1. The van der Waals surface area contributed by atoms with Crippen LogP contribution in [-0.4, -0.2) is 42.4 Å². The highest BCUT2D eigenvalue weighted by Crippen LogP contribution is 2.41. The molecule has 8 heteroatoms. The summed E-state index contributed by atoms with van der Waals surface area (Å²) < 4.78 is 10.9. The molecule has 2 heterocycles. The SMILES string of the molecule is COC(=O)c1ccc(-c2cc(Cl)cc3c2OC(CNC(=O)CSc2ccncc2)C3)cc1. The summed E-state index contributed by atoms with van der Waals surface area (Å²) in [5.41, 5.74) is 3.21. The van der Waals surface area contributed by atoms with Gasteiger partial charge in [0.15, 0.2) is 0 Å². The minimum absolute atomic E-state index is 0.0528. The summed E-state index contributed by atoms with van der Waals surface area (Å²) >= 11 is 7.81. The van der Waals surface area contributed by atoms with Crippen molar-refractivity contribution in [1.29, 1.82) is 0 Å². The van der Waals surface area contributed by atoms with Crippen molar-refractivity contribution in [2.75, 3.05) is 19.4 Å². The summed E-state index contributed by atoms with van der Waals surface area (Å²) in [4.78, 5) is 28.9. The Bertz CT molecular complexity index is 1120. The van der Waals surface area contributed by atoms with E-state index in [1.807, 2.05) is 36.4 Å². The molecule has 3 aromatic rings. The summed E-state index contributed by atoms with van der Waals surface area (Å²) in [6.45, 7) is 0.406. The molecule has 0 radical (unpaired) electrons. The standard InChI is InChI=1S/C24H21ClN2O4S/c1-30-24(29)16-4-2-15(3-5-16)21-12-18(25)10-17-11-19(31-23(17)21)13-27-22(28)14-32-20-6-8-26-9-7-20/h2-10,12,19H,11,13-14H2,1H3,(H,27,28). The molecule has 0 fully saturated rings. The van der Waals surface area contributed by atoms with E-state index in [0.29, 0.717) is 29.3 Å². The van der Waals surface area contributed by atoms with Gasteiger partial charge in [0, 0.05) is 39.9 Å². The van der Waals surface area contributed by atoms with E-state index in [9.17, 15) is 9.59 Å². The average molecular weight is 469 g/mol. The number of benzene rings is 2. The molecule has 1 atom stereocenters. The van der Waals surface area contributed by atoms with Gasteiger partial charge in [-0.15, -0.1) is 11.8 Å². The predicted octanol–water partition coefficient (Wildman–Crippen LogP) is 4.40. The number of methoxy groups -OCH3 is 1. The summed E-state index contributed by atoms with van der Waals surface area (Å²) in [6, 6.07) is 14.6. The number of carbonyl (C=O) groups is 2. The van der Waals surface area contributed by atoms with Gasteiger partial charge in [0.05, 0.1) is 25.0 Å². The number of carbonyl (C=O) groups excluding carboxylic acids is 2. The molecule has 32 heavy (non-hydrogen) atoms. The van der Waals surface area contributed by atoms with Gasteiger partial charge in [-0.05, 0) is 42.0 Å². The lowest BCUT2D eigenvalue weighted by Crippen LogP contribution is -2.35. The number of amides is 1. The number of hydrogen-bond acceptors (Lipinski definition) is 6. The number of nitrogens with one attached hydrogen (secondary N) is 1. The van der Waals surface area contributed by atoms with Crippen LogP contribution in [-0.2, 0) is 16.0 Å². The summed E-state index contributed by atoms with van der Waals surface area (Å²) in [7, 11) is 1.35. The molecule has 0 saturated carbocycles. The molecule has 1 N–H and O–H groups in total. The van der Waals surface area contributed by atoms with Gasteiger partial charge < -0.3 is 14.8 Å². The zero-order valence-electron chi connectivity index (χ0n) is 17.3. The molecule has 0 aliphatic carbocycles. The van der Waals surface area contributed by atoms with Gasteiger partial charge in [-0.2, -0.15) is 0 Å². The van der Waals surface area contributed by atoms with Crippen molar-refractivity contribution in [2.24, 2.45) is 0 Å². The van der Waals surface area contributed by atoms with E-state index in [4.69, 9.17) is 21.1 Å². The Morgan fingerprint density at radius 2 is 1.94 bits per heavy atom. The van der Waals surface area contributed by atoms with Crippen LogP contribution in [0.15, 0.2) is 65.8 Å². The first-order valence-electron chi connectivity index (χ1n) is 10.0. The minimum Gasteiger partial charge on any atom is -0.487 e. The Labute approximate surface area is 195 Å². The smallest absolute Gasteiger partial charge is 0.337 e. The summed E-state index contributed by atoms with van der Waals surface area (Å²) in [5, 5.41) is 3.55. The number of aromatic nitrogens is 1. The van der Waals surface area contributed by atoms with Crippen LogP contribution >= 0.6 is 23.4 Å². The van der Waals surface area contributed by atoms with E-state index < -0.39 is 0 Å². The molecule has 1 aromatic heterocycles. The van der Waals surface area contributed by atoms with Crippen LogP contribution in [0.2, 0.25) is 5.02 Å². The molecule has 6 nitrogen and oxygen atoms in total. The third kappa shape index (κ3) is 5.23. The number of hydrogen-bond donors (Lipinski definition) is 1. The first-order chi connectivity index (χ1) is 15.5. The fourth-order valence-electron chi connectivity index (χ4n) is 3.49. The van der Waals surface area contributed by atoms with Crippen molar-refractivity contribution in [3.8, 4) is 16.9 Å². The highest BCUT2D eigenvalue weighted by molar-refractivity contribution is 8.00. The van der Waals surface area contributed by atoms with Crippen LogP contribution < -0.4 is 10.1 Å². The Morgan fingerprint density at radius 3 is 2.66 bits per heavy atom. The quantitative estimate of drug-likeness (QED) is 0.409. The Morgan fingerprint density at radius 1 is 1.19 bits per heavy atom. The maximum absolute atomic E-state index is 12.2. The summed E-state index contributed by atoms with van der Waals surface area (Å²) in [5.74, 6) is 0.642. The van der Waals surface area contributed by atoms with E-state index in [0.717, 1.165) is 27.3 Å². The molecule has 2 aromatic carbocycles. The van der Waals surface area contributed by atoms with Crippen molar-refractivity contribution in [3.63, 3.8) is 0 Å². The first kappa shape index (κ1) is 22.2. The number of halogens is 1.